The predicted molar refractivity (Wildman–Crippen MR) is 93.8 cm³/mol. The van der Waals surface area contributed by atoms with E-state index in [1.54, 1.807) is 6.92 Å². The van der Waals surface area contributed by atoms with Crippen molar-refractivity contribution in [2.45, 2.75) is 38.3 Å². The van der Waals surface area contributed by atoms with Crippen molar-refractivity contribution in [1.82, 2.24) is 15.0 Å². The molecule has 2 aliphatic heterocycles. The van der Waals surface area contributed by atoms with Crippen molar-refractivity contribution < 1.29 is 8.91 Å². The Hall–Kier alpha value is -1.99. The van der Waals surface area contributed by atoms with Gasteiger partial charge < -0.3 is 15.2 Å². The van der Waals surface area contributed by atoms with Gasteiger partial charge in [-0.15, -0.1) is 0 Å². The largest absolute Gasteiger partial charge is 0.371 e. The Morgan fingerprint density at radius 3 is 2.64 bits per heavy atom. The lowest BCUT2D eigenvalue weighted by Crippen LogP contribution is -2.45. The number of anilines is 1. The number of hydrogen-bond acceptors (Lipinski definition) is 6. The highest BCUT2D eigenvalue weighted by molar-refractivity contribution is 5.73. The number of benzene rings is 1. The van der Waals surface area contributed by atoms with Crippen LogP contribution in [0.1, 0.15) is 25.1 Å². The van der Waals surface area contributed by atoms with Crippen LogP contribution in [0.5, 0.6) is 0 Å². The Morgan fingerprint density at radius 1 is 1.20 bits per heavy atom. The molecule has 0 amide bonds. The van der Waals surface area contributed by atoms with Crippen molar-refractivity contribution in [2.24, 2.45) is 5.73 Å². The van der Waals surface area contributed by atoms with Gasteiger partial charge in [0.1, 0.15) is 5.82 Å². The molecule has 2 saturated heterocycles. The first-order valence-electron chi connectivity index (χ1n) is 8.95. The molecule has 0 saturated carbocycles. The van der Waals surface area contributed by atoms with Crippen molar-refractivity contribution >= 4 is 5.69 Å². The molecule has 0 bridgehead atoms. The summed E-state index contributed by atoms with van der Waals surface area (Å²) in [6.45, 7) is 5.74. The molecule has 0 aliphatic carbocycles. The first-order chi connectivity index (χ1) is 12.1. The summed E-state index contributed by atoms with van der Waals surface area (Å²) in [6, 6.07) is 5.71. The highest BCUT2D eigenvalue weighted by Crippen LogP contribution is 2.33. The summed E-state index contributed by atoms with van der Waals surface area (Å²) in [5.74, 6) is 0.629. The van der Waals surface area contributed by atoms with E-state index >= 15 is 0 Å². The first-order valence-corrected chi connectivity index (χ1v) is 8.95. The SMILES string of the molecule is Cc1noc(-c2cc(F)ccc2N2CCC(N3CC[C@@H](N)C3)CC2)n1. The van der Waals surface area contributed by atoms with E-state index in [9.17, 15) is 4.39 Å². The summed E-state index contributed by atoms with van der Waals surface area (Å²) in [5, 5.41) is 3.83. The van der Waals surface area contributed by atoms with Crippen molar-refractivity contribution in [3.8, 4) is 11.5 Å². The first kappa shape index (κ1) is 16.5. The van der Waals surface area contributed by atoms with Crippen LogP contribution < -0.4 is 10.6 Å². The minimum Gasteiger partial charge on any atom is -0.371 e. The second-order valence-electron chi connectivity index (χ2n) is 7.07. The van der Waals surface area contributed by atoms with Crippen LogP contribution in [0.2, 0.25) is 0 Å². The summed E-state index contributed by atoms with van der Waals surface area (Å²) in [5.41, 5.74) is 7.67. The Bertz CT molecular complexity index is 741. The highest BCUT2D eigenvalue weighted by atomic mass is 19.1. The molecule has 2 fully saturated rings. The van der Waals surface area contributed by atoms with E-state index in [2.05, 4.69) is 19.9 Å². The molecule has 25 heavy (non-hydrogen) atoms. The van der Waals surface area contributed by atoms with E-state index in [1.807, 2.05) is 6.07 Å². The molecule has 3 heterocycles. The van der Waals surface area contributed by atoms with Gasteiger partial charge in [0.25, 0.3) is 5.89 Å². The zero-order valence-corrected chi connectivity index (χ0v) is 14.5. The Kier molecular flexibility index (Phi) is 4.43. The van der Waals surface area contributed by atoms with E-state index in [0.29, 0.717) is 29.4 Å². The number of aromatic nitrogens is 2. The summed E-state index contributed by atoms with van der Waals surface area (Å²) < 4.78 is 19.1. The molecule has 0 spiro atoms. The number of rotatable bonds is 3. The van der Waals surface area contributed by atoms with Crippen molar-refractivity contribution in [3.63, 3.8) is 0 Å². The van der Waals surface area contributed by atoms with Crippen LogP contribution in [0.4, 0.5) is 10.1 Å². The lowest BCUT2D eigenvalue weighted by atomic mass is 10.0. The Labute approximate surface area is 146 Å². The molecular formula is C18H24FN5O. The summed E-state index contributed by atoms with van der Waals surface area (Å²) in [6.07, 6.45) is 3.28. The molecule has 6 nitrogen and oxygen atoms in total. The van der Waals surface area contributed by atoms with Crippen LogP contribution in [0.15, 0.2) is 22.7 Å². The van der Waals surface area contributed by atoms with Gasteiger partial charge in [0.05, 0.1) is 5.56 Å². The molecule has 0 unspecified atom stereocenters. The minimum atomic E-state index is -0.296. The van der Waals surface area contributed by atoms with E-state index in [4.69, 9.17) is 10.3 Å². The van der Waals surface area contributed by atoms with E-state index in [-0.39, 0.29) is 5.82 Å². The number of likely N-dealkylation sites (tertiary alicyclic amines) is 1. The summed E-state index contributed by atoms with van der Waals surface area (Å²) in [7, 11) is 0. The van der Waals surface area contributed by atoms with Crippen molar-refractivity contribution in [3.05, 3.63) is 29.8 Å². The normalized spacial score (nSPS) is 22.7. The number of hydrogen-bond donors (Lipinski definition) is 1. The number of piperidine rings is 1. The maximum atomic E-state index is 13.8. The molecule has 7 heteroatoms. The molecule has 1 aromatic carbocycles. The molecule has 2 aromatic rings. The standard InChI is InChI=1S/C18H24FN5O/c1-12-21-18(25-22-12)16-10-13(19)2-3-17(16)23-8-5-15(6-9-23)24-7-4-14(20)11-24/h2-3,10,14-15H,4-9,11,20H2,1H3/t14-/m1/s1. The number of nitrogens with two attached hydrogens (primary N) is 1. The quantitative estimate of drug-likeness (QED) is 0.919. The number of nitrogens with zero attached hydrogens (tertiary/aromatic N) is 4. The van der Waals surface area contributed by atoms with Gasteiger partial charge in [-0.25, -0.2) is 4.39 Å². The fraction of sp³-hybridized carbons (Fsp3) is 0.556. The molecule has 2 N–H and O–H groups in total. The van der Waals surface area contributed by atoms with E-state index < -0.39 is 0 Å². The van der Waals surface area contributed by atoms with Crippen LogP contribution in [-0.4, -0.2) is 53.3 Å². The third kappa shape index (κ3) is 3.39. The fourth-order valence-corrected chi connectivity index (χ4v) is 3.98. The third-order valence-electron chi connectivity index (χ3n) is 5.29. The van der Waals surface area contributed by atoms with Crippen LogP contribution >= 0.6 is 0 Å². The average Bonchev–Trinajstić information content (AvgIpc) is 3.24. The molecule has 4 rings (SSSR count). The zero-order chi connectivity index (χ0) is 17.4. The molecule has 2 aliphatic rings. The van der Waals surface area contributed by atoms with Crippen molar-refractivity contribution in [2.75, 3.05) is 31.1 Å². The van der Waals surface area contributed by atoms with Crippen LogP contribution in [-0.2, 0) is 0 Å². The number of halogens is 1. The van der Waals surface area contributed by atoms with Gasteiger partial charge in [0.2, 0.25) is 0 Å². The summed E-state index contributed by atoms with van der Waals surface area (Å²) >= 11 is 0. The van der Waals surface area contributed by atoms with Gasteiger partial charge in [-0.2, -0.15) is 4.98 Å². The minimum absolute atomic E-state index is 0.296. The van der Waals surface area contributed by atoms with E-state index in [1.165, 1.54) is 12.1 Å². The smallest absolute Gasteiger partial charge is 0.260 e. The molecule has 134 valence electrons. The summed E-state index contributed by atoms with van der Waals surface area (Å²) in [4.78, 5) is 9.09. The van der Waals surface area contributed by atoms with Crippen molar-refractivity contribution in [1.29, 1.82) is 0 Å². The lowest BCUT2D eigenvalue weighted by Gasteiger charge is -2.38. The van der Waals surface area contributed by atoms with Crippen LogP contribution in [0, 0.1) is 12.7 Å². The Morgan fingerprint density at radius 2 is 2.00 bits per heavy atom. The molecular weight excluding hydrogens is 321 g/mol. The molecule has 1 atom stereocenters. The third-order valence-corrected chi connectivity index (χ3v) is 5.29. The van der Waals surface area contributed by atoms with Gasteiger partial charge >= 0.3 is 0 Å². The topological polar surface area (TPSA) is 71.4 Å². The maximum absolute atomic E-state index is 13.8. The second-order valence-corrected chi connectivity index (χ2v) is 7.07. The monoisotopic (exact) mass is 345 g/mol. The predicted octanol–water partition coefficient (Wildman–Crippen LogP) is 2.19. The maximum Gasteiger partial charge on any atom is 0.260 e. The second kappa shape index (κ2) is 6.72. The van der Waals surface area contributed by atoms with Crippen LogP contribution in [0.25, 0.3) is 11.5 Å². The van der Waals surface area contributed by atoms with Crippen LogP contribution in [0.3, 0.4) is 0 Å². The molecule has 1 aromatic heterocycles. The zero-order valence-electron chi connectivity index (χ0n) is 14.5. The number of aryl methyl sites for hydroxylation is 1. The van der Waals surface area contributed by atoms with Gasteiger partial charge in [-0.1, -0.05) is 5.16 Å². The highest BCUT2D eigenvalue weighted by Gasteiger charge is 2.30. The Balaban J connectivity index is 1.51. The average molecular weight is 345 g/mol. The van der Waals surface area contributed by atoms with E-state index in [0.717, 1.165) is 51.1 Å². The molecule has 0 radical (unpaired) electrons. The van der Waals surface area contributed by atoms with Gasteiger partial charge in [-0.05, 0) is 44.4 Å². The van der Waals surface area contributed by atoms with Gasteiger partial charge in [0, 0.05) is 44.0 Å². The van der Waals surface area contributed by atoms with Gasteiger partial charge in [0.15, 0.2) is 5.82 Å². The lowest BCUT2D eigenvalue weighted by molar-refractivity contribution is 0.205. The fourth-order valence-electron chi connectivity index (χ4n) is 3.98. The van der Waals surface area contributed by atoms with Gasteiger partial charge in [-0.3, -0.25) is 4.90 Å².